The Kier molecular flexibility index (Phi) is 10.3. The number of hydrogen-bond donors (Lipinski definition) is 1. The largest absolute Gasteiger partial charge is 0.491 e. The molecule has 6 aromatic carbocycles. The standard InChI is InChI=1S/C52H57N3O4/c1-50-32-38-33-51(2,35-50)37-52(34-38,36-50)53-24-25-56-26-27-57-28-29-58-30-31-59-41-22-20-40(21-23-41)55-47-19-11-10-18-46(47)54(39-12-4-3-5-13-39)48-44-16-8-6-14-42(44)43-15-7-9-17-45(43)49(48)55/h3-23,38,53H,24-37H2,1-2H3. The molecule has 0 amide bonds. The number of nitrogens with zero attached hydrogens (tertiary/aromatic N) is 2. The SMILES string of the molecule is CC12CC3CC(C)(C1)CC(NCCOCCOCCOCCOc1ccc(N4c5ccccc5N(c5ccccc5)c5c4c4ccccc4c4ccccc54)cc1)(C3)C2. The summed E-state index contributed by atoms with van der Waals surface area (Å²) >= 11 is 0. The predicted molar refractivity (Wildman–Crippen MR) is 240 cm³/mol. The van der Waals surface area contributed by atoms with Gasteiger partial charge in [-0.15, -0.1) is 0 Å². The van der Waals surface area contributed by atoms with Crippen LogP contribution in [-0.2, 0) is 14.2 Å². The van der Waals surface area contributed by atoms with Crippen LogP contribution in [0.1, 0.15) is 52.4 Å². The Morgan fingerprint density at radius 3 is 1.53 bits per heavy atom. The topological polar surface area (TPSA) is 55.4 Å². The molecule has 2 unspecified atom stereocenters. The number of rotatable bonds is 16. The van der Waals surface area contributed by atoms with Crippen LogP contribution in [0.15, 0.2) is 127 Å². The van der Waals surface area contributed by atoms with Crippen molar-refractivity contribution < 1.29 is 18.9 Å². The number of hydrogen-bond acceptors (Lipinski definition) is 7. The average Bonchev–Trinajstić information content (AvgIpc) is 3.24. The fraction of sp³-hybridized carbons (Fsp3) is 0.385. The van der Waals surface area contributed by atoms with Gasteiger partial charge in [0.2, 0.25) is 0 Å². The predicted octanol–water partition coefficient (Wildman–Crippen LogP) is 12.0. The third-order valence-corrected chi connectivity index (χ3v) is 13.4. The Balaban J connectivity index is 0.729. The van der Waals surface area contributed by atoms with Gasteiger partial charge in [-0.25, -0.2) is 0 Å². The molecule has 7 heteroatoms. The summed E-state index contributed by atoms with van der Waals surface area (Å²) in [5, 5.41) is 8.85. The van der Waals surface area contributed by atoms with Crippen molar-refractivity contribution in [1.82, 2.24) is 5.32 Å². The van der Waals surface area contributed by atoms with E-state index in [1.54, 1.807) is 0 Å². The molecule has 59 heavy (non-hydrogen) atoms. The molecule has 0 spiro atoms. The molecule has 6 aromatic rings. The molecule has 11 rings (SSSR count). The maximum Gasteiger partial charge on any atom is 0.119 e. The van der Waals surface area contributed by atoms with Crippen LogP contribution in [0.3, 0.4) is 0 Å². The average molecular weight is 788 g/mol. The quantitative estimate of drug-likeness (QED) is 0.0773. The first-order valence-electron chi connectivity index (χ1n) is 21.8. The zero-order chi connectivity index (χ0) is 39.9. The van der Waals surface area contributed by atoms with Crippen LogP contribution in [0, 0.1) is 16.7 Å². The Bertz CT molecular complexity index is 2400. The summed E-state index contributed by atoms with van der Waals surface area (Å²) in [4.78, 5) is 4.84. The highest BCUT2D eigenvalue weighted by molar-refractivity contribution is 6.25. The maximum absolute atomic E-state index is 6.14. The molecule has 2 atom stereocenters. The molecule has 1 aliphatic heterocycles. The van der Waals surface area contributed by atoms with Crippen LogP contribution in [0.2, 0.25) is 0 Å². The van der Waals surface area contributed by atoms with Crippen LogP contribution >= 0.6 is 0 Å². The lowest BCUT2D eigenvalue weighted by atomic mass is 9.43. The fourth-order valence-corrected chi connectivity index (χ4v) is 12.2. The van der Waals surface area contributed by atoms with E-state index >= 15 is 0 Å². The molecule has 4 aliphatic carbocycles. The molecule has 5 aliphatic rings. The van der Waals surface area contributed by atoms with Crippen LogP contribution < -0.4 is 19.9 Å². The van der Waals surface area contributed by atoms with Gasteiger partial charge in [0.1, 0.15) is 12.4 Å². The third-order valence-electron chi connectivity index (χ3n) is 13.4. The van der Waals surface area contributed by atoms with Gasteiger partial charge >= 0.3 is 0 Å². The lowest BCUT2D eigenvalue weighted by molar-refractivity contribution is -0.118. The fourth-order valence-electron chi connectivity index (χ4n) is 12.2. The van der Waals surface area contributed by atoms with Gasteiger partial charge in [0.25, 0.3) is 0 Å². The van der Waals surface area contributed by atoms with Gasteiger partial charge < -0.3 is 34.1 Å². The lowest BCUT2D eigenvalue weighted by Crippen LogP contribution is -2.64. The van der Waals surface area contributed by atoms with Crippen molar-refractivity contribution in [3.63, 3.8) is 0 Å². The van der Waals surface area contributed by atoms with Crippen LogP contribution in [-0.4, -0.2) is 58.3 Å². The van der Waals surface area contributed by atoms with E-state index in [9.17, 15) is 0 Å². The highest BCUT2D eigenvalue weighted by Crippen LogP contribution is 2.66. The zero-order valence-corrected chi connectivity index (χ0v) is 34.6. The molecule has 4 fully saturated rings. The van der Waals surface area contributed by atoms with Gasteiger partial charge in [0.05, 0.1) is 62.4 Å². The van der Waals surface area contributed by atoms with E-state index in [0.717, 1.165) is 53.3 Å². The lowest BCUT2D eigenvalue weighted by Gasteiger charge is -2.65. The van der Waals surface area contributed by atoms with Crippen molar-refractivity contribution in [3.8, 4) is 5.75 Å². The Hall–Kier alpha value is -4.92. The second-order valence-corrected chi connectivity index (χ2v) is 18.3. The molecule has 0 radical (unpaired) electrons. The van der Waals surface area contributed by atoms with Gasteiger partial charge in [-0.1, -0.05) is 92.7 Å². The highest BCUT2D eigenvalue weighted by atomic mass is 16.6. The van der Waals surface area contributed by atoms with Gasteiger partial charge in [-0.05, 0) is 115 Å². The number of anilines is 6. The summed E-state index contributed by atoms with van der Waals surface area (Å²) in [5.41, 5.74) is 8.17. The van der Waals surface area contributed by atoms with Crippen molar-refractivity contribution in [2.75, 3.05) is 62.6 Å². The van der Waals surface area contributed by atoms with Crippen molar-refractivity contribution in [2.24, 2.45) is 16.7 Å². The van der Waals surface area contributed by atoms with Crippen molar-refractivity contribution in [1.29, 1.82) is 0 Å². The molecule has 7 nitrogen and oxygen atoms in total. The third kappa shape index (κ3) is 7.48. The molecular formula is C52H57N3O4. The minimum Gasteiger partial charge on any atom is -0.491 e. The number of nitrogens with one attached hydrogen (secondary N) is 1. The molecule has 4 bridgehead atoms. The first-order valence-corrected chi connectivity index (χ1v) is 21.8. The monoisotopic (exact) mass is 787 g/mol. The molecule has 1 heterocycles. The van der Waals surface area contributed by atoms with E-state index < -0.39 is 0 Å². The minimum absolute atomic E-state index is 0.331. The number of ether oxygens (including phenoxy) is 4. The van der Waals surface area contributed by atoms with Crippen LogP contribution in [0.5, 0.6) is 5.75 Å². The molecule has 4 saturated carbocycles. The summed E-state index contributed by atoms with van der Waals surface area (Å²) in [5.74, 6) is 1.72. The summed E-state index contributed by atoms with van der Waals surface area (Å²) in [6.07, 6.45) is 8.30. The second-order valence-electron chi connectivity index (χ2n) is 18.3. The summed E-state index contributed by atoms with van der Waals surface area (Å²) in [6, 6.07) is 45.4. The molecule has 0 aromatic heterocycles. The summed E-state index contributed by atoms with van der Waals surface area (Å²) in [6.45, 7) is 9.95. The van der Waals surface area contributed by atoms with Crippen molar-refractivity contribution >= 4 is 55.7 Å². The van der Waals surface area contributed by atoms with E-state index in [1.165, 1.54) is 65.8 Å². The maximum atomic E-state index is 6.14. The summed E-state index contributed by atoms with van der Waals surface area (Å²) in [7, 11) is 0. The van der Waals surface area contributed by atoms with E-state index in [-0.39, 0.29) is 0 Å². The number of benzene rings is 6. The normalized spacial score (nSPS) is 24.1. The Morgan fingerprint density at radius 1 is 0.492 bits per heavy atom. The van der Waals surface area contributed by atoms with Crippen LogP contribution in [0.25, 0.3) is 21.5 Å². The van der Waals surface area contributed by atoms with Gasteiger partial charge in [-0.2, -0.15) is 0 Å². The number of fused-ring (bicyclic) bond motifs is 7. The van der Waals surface area contributed by atoms with Gasteiger partial charge in [0, 0.05) is 34.2 Å². The van der Waals surface area contributed by atoms with E-state index in [2.05, 4.69) is 156 Å². The van der Waals surface area contributed by atoms with Crippen molar-refractivity contribution in [3.05, 3.63) is 127 Å². The van der Waals surface area contributed by atoms with Gasteiger partial charge in [-0.3, -0.25) is 0 Å². The van der Waals surface area contributed by atoms with E-state index in [4.69, 9.17) is 18.9 Å². The smallest absolute Gasteiger partial charge is 0.119 e. The number of para-hydroxylation sites is 3. The molecular weight excluding hydrogens is 731 g/mol. The van der Waals surface area contributed by atoms with Crippen molar-refractivity contribution in [2.45, 2.75) is 57.9 Å². The molecule has 304 valence electrons. The first kappa shape index (κ1) is 38.3. The zero-order valence-electron chi connectivity index (χ0n) is 34.6. The first-order chi connectivity index (χ1) is 28.9. The summed E-state index contributed by atoms with van der Waals surface area (Å²) < 4.78 is 23.7. The second kappa shape index (κ2) is 15.9. The molecule has 1 N–H and O–H groups in total. The van der Waals surface area contributed by atoms with E-state index in [1.807, 2.05) is 0 Å². The Morgan fingerprint density at radius 2 is 0.966 bits per heavy atom. The molecule has 0 saturated heterocycles. The van der Waals surface area contributed by atoms with Crippen LogP contribution in [0.4, 0.5) is 34.1 Å². The van der Waals surface area contributed by atoms with E-state index in [0.29, 0.717) is 56.0 Å². The highest BCUT2D eigenvalue weighted by Gasteiger charge is 2.59. The van der Waals surface area contributed by atoms with Gasteiger partial charge in [0.15, 0.2) is 0 Å². The Labute approximate surface area is 349 Å². The minimum atomic E-state index is 0.331.